The molecule has 1 N–H and O–H groups in total. The Balaban J connectivity index is 1.40. The quantitative estimate of drug-likeness (QED) is 0.846. The van der Waals surface area contributed by atoms with E-state index in [9.17, 15) is 9.59 Å². The highest BCUT2D eigenvalue weighted by Gasteiger charge is 2.28. The van der Waals surface area contributed by atoms with Gasteiger partial charge in [0.1, 0.15) is 0 Å². The van der Waals surface area contributed by atoms with Gasteiger partial charge >= 0.3 is 0 Å². The summed E-state index contributed by atoms with van der Waals surface area (Å²) in [6, 6.07) is 0. The second-order valence-electron chi connectivity index (χ2n) is 7.02. The molecule has 144 valence electrons. The molecule has 4 heterocycles. The zero-order chi connectivity index (χ0) is 18.8. The van der Waals surface area contributed by atoms with Crippen LogP contribution in [0.1, 0.15) is 38.5 Å². The number of aromatic nitrogens is 3. The predicted molar refractivity (Wildman–Crippen MR) is 99.9 cm³/mol. The summed E-state index contributed by atoms with van der Waals surface area (Å²) in [7, 11) is 0. The number of hydrogen-bond donors (Lipinski definition) is 1. The number of nitrogens with one attached hydrogen (secondary N) is 1. The van der Waals surface area contributed by atoms with Gasteiger partial charge in [0, 0.05) is 31.6 Å². The first-order valence-corrected chi connectivity index (χ1v) is 10.1. The fraction of sp³-hybridized carbons (Fsp3) is 0.556. The summed E-state index contributed by atoms with van der Waals surface area (Å²) in [5.41, 5.74) is 3.07. The van der Waals surface area contributed by atoms with Crippen LogP contribution >= 0.6 is 11.5 Å². The van der Waals surface area contributed by atoms with Crippen LogP contribution in [0.25, 0.3) is 0 Å². The molecule has 0 bridgehead atoms. The Labute approximate surface area is 161 Å². The van der Waals surface area contributed by atoms with Crippen LogP contribution in [0.2, 0.25) is 0 Å². The van der Waals surface area contributed by atoms with Crippen LogP contribution in [0.15, 0.2) is 11.6 Å². The molecule has 2 aromatic heterocycles. The molecular formula is C18H23N5O3S. The van der Waals surface area contributed by atoms with Crippen molar-refractivity contribution < 1.29 is 14.3 Å². The first kappa shape index (κ1) is 18.1. The lowest BCUT2D eigenvalue weighted by atomic mass is 9.94. The van der Waals surface area contributed by atoms with Gasteiger partial charge in [-0.25, -0.2) is 0 Å². The second kappa shape index (κ2) is 7.77. The van der Waals surface area contributed by atoms with Crippen molar-refractivity contribution in [3.05, 3.63) is 34.1 Å². The lowest BCUT2D eigenvalue weighted by Gasteiger charge is -2.28. The van der Waals surface area contributed by atoms with Crippen LogP contribution < -0.4 is 5.32 Å². The maximum absolute atomic E-state index is 12.8. The van der Waals surface area contributed by atoms with Crippen molar-refractivity contribution in [3.8, 4) is 0 Å². The molecule has 0 saturated carbocycles. The third-order valence-corrected chi connectivity index (χ3v) is 5.97. The van der Waals surface area contributed by atoms with Crippen molar-refractivity contribution in [1.82, 2.24) is 24.4 Å². The molecule has 0 aromatic carbocycles. The third kappa shape index (κ3) is 3.74. The normalized spacial score (nSPS) is 19.6. The highest BCUT2D eigenvalue weighted by atomic mass is 32.1. The lowest BCUT2D eigenvalue weighted by molar-refractivity contribution is 0.0301. The first-order chi connectivity index (χ1) is 13.1. The van der Waals surface area contributed by atoms with Gasteiger partial charge in [0.05, 0.1) is 41.9 Å². The molecule has 2 aromatic rings. The molecule has 2 amide bonds. The Morgan fingerprint density at radius 2 is 2.11 bits per heavy atom. The number of rotatable bonds is 4. The van der Waals surface area contributed by atoms with E-state index in [0.717, 1.165) is 30.8 Å². The van der Waals surface area contributed by atoms with Gasteiger partial charge in [-0.2, -0.15) is 9.47 Å². The Morgan fingerprint density at radius 1 is 1.30 bits per heavy atom. The Bertz CT molecular complexity index is 840. The highest BCUT2D eigenvalue weighted by Crippen LogP contribution is 2.24. The lowest BCUT2D eigenvalue weighted by Crippen LogP contribution is -2.41. The van der Waals surface area contributed by atoms with E-state index in [2.05, 4.69) is 14.8 Å². The minimum atomic E-state index is -0.0788. The number of fused-ring (bicyclic) bond motifs is 1. The van der Waals surface area contributed by atoms with Crippen LogP contribution in [0, 0.1) is 12.8 Å². The summed E-state index contributed by atoms with van der Waals surface area (Å²) in [5, 5.41) is 9.19. The van der Waals surface area contributed by atoms with Crippen LogP contribution in [0.4, 0.5) is 0 Å². The highest BCUT2D eigenvalue weighted by molar-refractivity contribution is 7.03. The van der Waals surface area contributed by atoms with E-state index < -0.39 is 0 Å². The number of aryl methyl sites for hydroxylation is 2. The van der Waals surface area contributed by atoms with E-state index in [1.165, 1.54) is 11.5 Å². The molecule has 2 aliphatic rings. The molecule has 0 unspecified atom stereocenters. The van der Waals surface area contributed by atoms with E-state index >= 15 is 0 Å². The van der Waals surface area contributed by atoms with E-state index in [4.69, 9.17) is 4.74 Å². The number of carbonyl (C=O) groups excluding carboxylic acids is 2. The minimum Gasteiger partial charge on any atom is -0.378 e. The van der Waals surface area contributed by atoms with Gasteiger partial charge in [0.2, 0.25) is 0 Å². The summed E-state index contributed by atoms with van der Waals surface area (Å²) in [5.74, 6) is 0.246. The number of ether oxygens (including phenoxy) is 1. The predicted octanol–water partition coefficient (Wildman–Crippen LogP) is 1.11. The SMILES string of the molecule is Cc1nscc1C(=O)NC[C@H]1CCn2ncc(C(=O)N3CCOCC3)c2C1. The molecular weight excluding hydrogens is 366 g/mol. The average Bonchev–Trinajstić information content (AvgIpc) is 3.32. The van der Waals surface area contributed by atoms with Crippen molar-refractivity contribution in [2.75, 3.05) is 32.8 Å². The number of nitrogens with zero attached hydrogens (tertiary/aromatic N) is 4. The fourth-order valence-electron chi connectivity index (χ4n) is 3.63. The van der Waals surface area contributed by atoms with Crippen molar-refractivity contribution >= 4 is 23.3 Å². The van der Waals surface area contributed by atoms with Gasteiger partial charge < -0.3 is 15.0 Å². The molecule has 1 atom stereocenters. The Kier molecular flexibility index (Phi) is 5.22. The standard InChI is InChI=1S/C18H23N5O3S/c1-12-15(11-27-21-12)17(24)19-9-13-2-3-23-16(8-13)14(10-20-23)18(25)22-4-6-26-7-5-22/h10-11,13H,2-9H2,1H3,(H,19,24)/t13-/m0/s1. The molecule has 8 nitrogen and oxygen atoms in total. The summed E-state index contributed by atoms with van der Waals surface area (Å²) >= 11 is 1.29. The maximum Gasteiger partial charge on any atom is 0.257 e. The van der Waals surface area contributed by atoms with Crippen LogP contribution in [0.5, 0.6) is 0 Å². The first-order valence-electron chi connectivity index (χ1n) is 9.24. The smallest absolute Gasteiger partial charge is 0.257 e. The summed E-state index contributed by atoms with van der Waals surface area (Å²) in [6.45, 7) is 5.61. The fourth-order valence-corrected chi connectivity index (χ4v) is 4.32. The maximum atomic E-state index is 12.8. The summed E-state index contributed by atoms with van der Waals surface area (Å²) < 4.78 is 11.4. The number of hydrogen-bond acceptors (Lipinski definition) is 6. The number of amides is 2. The molecule has 0 aliphatic carbocycles. The molecule has 27 heavy (non-hydrogen) atoms. The molecule has 0 radical (unpaired) electrons. The van der Waals surface area contributed by atoms with E-state index in [-0.39, 0.29) is 11.8 Å². The van der Waals surface area contributed by atoms with Crippen LogP contribution in [-0.2, 0) is 17.7 Å². The summed E-state index contributed by atoms with van der Waals surface area (Å²) in [4.78, 5) is 27.0. The Morgan fingerprint density at radius 3 is 2.85 bits per heavy atom. The van der Waals surface area contributed by atoms with Gasteiger partial charge in [0.25, 0.3) is 11.8 Å². The van der Waals surface area contributed by atoms with Gasteiger partial charge in [-0.3, -0.25) is 14.3 Å². The van der Waals surface area contributed by atoms with E-state index in [1.54, 1.807) is 11.6 Å². The molecule has 9 heteroatoms. The Hall–Kier alpha value is -2.26. The molecule has 4 rings (SSSR count). The van der Waals surface area contributed by atoms with Gasteiger partial charge in [-0.1, -0.05) is 0 Å². The number of carbonyl (C=O) groups is 2. The topological polar surface area (TPSA) is 89.3 Å². The van der Waals surface area contributed by atoms with Gasteiger partial charge in [-0.05, 0) is 37.2 Å². The zero-order valence-electron chi connectivity index (χ0n) is 15.3. The van der Waals surface area contributed by atoms with Crippen molar-refractivity contribution in [3.63, 3.8) is 0 Å². The summed E-state index contributed by atoms with van der Waals surface area (Å²) in [6.07, 6.45) is 3.36. The monoisotopic (exact) mass is 389 g/mol. The molecule has 1 saturated heterocycles. The van der Waals surface area contributed by atoms with Crippen LogP contribution in [-0.4, -0.2) is 63.7 Å². The van der Waals surface area contributed by atoms with Gasteiger partial charge in [0.15, 0.2) is 0 Å². The molecule has 2 aliphatic heterocycles. The largest absolute Gasteiger partial charge is 0.378 e. The number of morpholine rings is 1. The average molecular weight is 389 g/mol. The second-order valence-corrected chi connectivity index (χ2v) is 7.64. The van der Waals surface area contributed by atoms with E-state index in [0.29, 0.717) is 49.9 Å². The van der Waals surface area contributed by atoms with Crippen molar-refractivity contribution in [2.45, 2.75) is 26.3 Å². The third-order valence-electron chi connectivity index (χ3n) is 5.25. The van der Waals surface area contributed by atoms with Crippen molar-refractivity contribution in [1.29, 1.82) is 0 Å². The van der Waals surface area contributed by atoms with E-state index in [1.807, 2.05) is 16.5 Å². The molecule has 0 spiro atoms. The zero-order valence-corrected chi connectivity index (χ0v) is 16.1. The molecule has 1 fully saturated rings. The van der Waals surface area contributed by atoms with Crippen molar-refractivity contribution in [2.24, 2.45) is 5.92 Å². The minimum absolute atomic E-state index is 0.0317. The van der Waals surface area contributed by atoms with Gasteiger partial charge in [-0.15, -0.1) is 0 Å². The van der Waals surface area contributed by atoms with Crippen LogP contribution in [0.3, 0.4) is 0 Å².